The molecule has 0 aliphatic rings. The highest BCUT2D eigenvalue weighted by molar-refractivity contribution is 7.91. The topological polar surface area (TPSA) is 66.5 Å². The number of rotatable bonds is 7. The molecule has 3 aromatic rings. The number of anilines is 1. The number of carbonyl (C=O) groups excluding carboxylic acids is 1. The predicted octanol–water partition coefficient (Wildman–Crippen LogP) is 4.55. The van der Waals surface area contributed by atoms with Crippen LogP contribution in [0.1, 0.15) is 21.5 Å². The lowest BCUT2D eigenvalue weighted by Gasteiger charge is -2.20. The molecule has 0 saturated heterocycles. The number of amides is 1. The van der Waals surface area contributed by atoms with Gasteiger partial charge in [-0.1, -0.05) is 72.3 Å². The maximum Gasteiger partial charge on any atom is 0.256 e. The van der Waals surface area contributed by atoms with E-state index in [2.05, 4.69) is 4.72 Å². The Morgan fingerprint density at radius 3 is 2.28 bits per heavy atom. The second-order valence-corrected chi connectivity index (χ2v) is 8.77. The van der Waals surface area contributed by atoms with Crippen LogP contribution in [0.2, 0.25) is 5.02 Å². The maximum absolute atomic E-state index is 12.9. The Balaban J connectivity index is 1.79. The standard InChI is InChI=1S/C22H21ClN2O3S/c1-25(15-17-9-3-2-4-10-17)22(26)19-12-6-8-14-21(19)24-29(27,28)16-18-11-5-7-13-20(18)23/h2-14,24H,15-16H2,1H3. The summed E-state index contributed by atoms with van der Waals surface area (Å²) < 4.78 is 27.9. The number of benzene rings is 3. The van der Waals surface area contributed by atoms with Crippen LogP contribution in [0.5, 0.6) is 0 Å². The molecular weight excluding hydrogens is 408 g/mol. The molecule has 0 aliphatic carbocycles. The number of carbonyl (C=O) groups is 1. The zero-order valence-electron chi connectivity index (χ0n) is 15.9. The van der Waals surface area contributed by atoms with Gasteiger partial charge in [0, 0.05) is 18.6 Å². The summed E-state index contributed by atoms with van der Waals surface area (Å²) in [6.45, 7) is 0.417. The Hall–Kier alpha value is -2.83. The molecule has 0 bridgehead atoms. The number of sulfonamides is 1. The molecule has 3 aromatic carbocycles. The van der Waals surface area contributed by atoms with Crippen LogP contribution < -0.4 is 4.72 Å². The fourth-order valence-electron chi connectivity index (χ4n) is 2.92. The van der Waals surface area contributed by atoms with Crippen molar-refractivity contribution in [2.75, 3.05) is 11.8 Å². The first-order valence-corrected chi connectivity index (χ1v) is 11.0. The minimum Gasteiger partial charge on any atom is -0.337 e. The monoisotopic (exact) mass is 428 g/mol. The van der Waals surface area contributed by atoms with Crippen LogP contribution in [0.4, 0.5) is 5.69 Å². The molecule has 0 spiro atoms. The summed E-state index contributed by atoms with van der Waals surface area (Å²) in [6.07, 6.45) is 0. The van der Waals surface area contributed by atoms with E-state index in [1.807, 2.05) is 30.3 Å². The molecule has 0 saturated carbocycles. The van der Waals surface area contributed by atoms with Gasteiger partial charge in [-0.25, -0.2) is 8.42 Å². The molecular formula is C22H21ClN2O3S. The van der Waals surface area contributed by atoms with Crippen molar-refractivity contribution in [3.05, 3.63) is 101 Å². The van der Waals surface area contributed by atoms with Gasteiger partial charge in [0.15, 0.2) is 0 Å². The van der Waals surface area contributed by atoms with Crippen LogP contribution in [0.15, 0.2) is 78.9 Å². The Labute approximate surface area is 176 Å². The van der Waals surface area contributed by atoms with Gasteiger partial charge in [0.1, 0.15) is 0 Å². The van der Waals surface area contributed by atoms with Gasteiger partial charge in [-0.15, -0.1) is 0 Å². The SMILES string of the molecule is CN(Cc1ccccc1)C(=O)c1ccccc1NS(=O)(=O)Cc1ccccc1Cl. The highest BCUT2D eigenvalue weighted by atomic mass is 35.5. The predicted molar refractivity (Wildman–Crippen MR) is 116 cm³/mol. The van der Waals surface area contributed by atoms with Gasteiger partial charge in [-0.2, -0.15) is 0 Å². The van der Waals surface area contributed by atoms with E-state index in [0.29, 0.717) is 17.1 Å². The van der Waals surface area contributed by atoms with Crippen molar-refractivity contribution in [1.82, 2.24) is 4.90 Å². The molecule has 0 radical (unpaired) electrons. The molecule has 29 heavy (non-hydrogen) atoms. The fraction of sp³-hybridized carbons (Fsp3) is 0.136. The lowest BCUT2D eigenvalue weighted by molar-refractivity contribution is 0.0786. The van der Waals surface area contributed by atoms with Crippen molar-refractivity contribution in [2.24, 2.45) is 0 Å². The van der Waals surface area contributed by atoms with Gasteiger partial charge in [0.2, 0.25) is 10.0 Å². The fourth-order valence-corrected chi connectivity index (χ4v) is 4.45. The van der Waals surface area contributed by atoms with Gasteiger partial charge in [-0.05, 0) is 29.3 Å². The smallest absolute Gasteiger partial charge is 0.256 e. The van der Waals surface area contributed by atoms with Crippen LogP contribution in [-0.4, -0.2) is 26.3 Å². The Kier molecular flexibility index (Phi) is 6.56. The number of hydrogen-bond acceptors (Lipinski definition) is 3. The largest absolute Gasteiger partial charge is 0.337 e. The quantitative estimate of drug-likeness (QED) is 0.600. The summed E-state index contributed by atoms with van der Waals surface area (Å²) in [4.78, 5) is 14.5. The van der Waals surface area contributed by atoms with E-state index < -0.39 is 10.0 Å². The van der Waals surface area contributed by atoms with E-state index in [4.69, 9.17) is 11.6 Å². The minimum atomic E-state index is -3.76. The summed E-state index contributed by atoms with van der Waals surface area (Å²) in [5.41, 5.74) is 2.00. The summed E-state index contributed by atoms with van der Waals surface area (Å²) in [6, 6.07) is 22.9. The normalized spacial score (nSPS) is 11.1. The van der Waals surface area contributed by atoms with Crippen LogP contribution in [0.25, 0.3) is 0 Å². The molecule has 0 aliphatic heterocycles. The number of nitrogens with zero attached hydrogens (tertiary/aromatic N) is 1. The van der Waals surface area contributed by atoms with Crippen molar-refractivity contribution < 1.29 is 13.2 Å². The van der Waals surface area contributed by atoms with Crippen LogP contribution in [0, 0.1) is 0 Å². The van der Waals surface area contributed by atoms with Crippen LogP contribution in [0.3, 0.4) is 0 Å². The van der Waals surface area contributed by atoms with E-state index in [0.717, 1.165) is 5.56 Å². The zero-order valence-corrected chi connectivity index (χ0v) is 17.5. The number of para-hydroxylation sites is 1. The number of nitrogens with one attached hydrogen (secondary N) is 1. The second kappa shape index (κ2) is 9.11. The first kappa shape index (κ1) is 20.9. The zero-order chi connectivity index (χ0) is 20.9. The van der Waals surface area contributed by atoms with Gasteiger partial charge in [0.05, 0.1) is 17.0 Å². The summed E-state index contributed by atoms with van der Waals surface area (Å²) in [7, 11) is -2.07. The lowest BCUT2D eigenvalue weighted by atomic mass is 10.1. The second-order valence-electron chi connectivity index (χ2n) is 6.64. The third kappa shape index (κ3) is 5.59. The van der Waals surface area contributed by atoms with Crippen molar-refractivity contribution in [1.29, 1.82) is 0 Å². The van der Waals surface area contributed by atoms with Crippen LogP contribution in [-0.2, 0) is 22.3 Å². The first-order valence-electron chi connectivity index (χ1n) is 8.98. The first-order chi connectivity index (χ1) is 13.9. The number of hydrogen-bond donors (Lipinski definition) is 1. The third-order valence-electron chi connectivity index (χ3n) is 4.34. The molecule has 0 unspecified atom stereocenters. The van der Waals surface area contributed by atoms with Crippen molar-refractivity contribution >= 4 is 33.2 Å². The Bertz CT molecular complexity index is 1100. The minimum absolute atomic E-state index is 0.240. The summed E-state index contributed by atoms with van der Waals surface area (Å²) in [5.74, 6) is -0.556. The summed E-state index contributed by atoms with van der Waals surface area (Å²) in [5, 5.41) is 0.379. The molecule has 0 heterocycles. The molecule has 7 heteroatoms. The van der Waals surface area contributed by atoms with Gasteiger partial charge >= 0.3 is 0 Å². The molecule has 5 nitrogen and oxygen atoms in total. The average molecular weight is 429 g/mol. The molecule has 0 aromatic heterocycles. The molecule has 3 rings (SSSR count). The van der Waals surface area contributed by atoms with Crippen LogP contribution >= 0.6 is 11.6 Å². The highest BCUT2D eigenvalue weighted by Gasteiger charge is 2.20. The number of halogens is 1. The highest BCUT2D eigenvalue weighted by Crippen LogP contribution is 2.22. The van der Waals surface area contributed by atoms with E-state index in [1.165, 1.54) is 0 Å². The molecule has 1 amide bonds. The van der Waals surface area contributed by atoms with E-state index in [1.54, 1.807) is 60.5 Å². The molecule has 150 valence electrons. The van der Waals surface area contributed by atoms with Crippen molar-refractivity contribution in [3.8, 4) is 0 Å². The molecule has 0 atom stereocenters. The van der Waals surface area contributed by atoms with Gasteiger partial charge in [0.25, 0.3) is 5.91 Å². The average Bonchev–Trinajstić information content (AvgIpc) is 2.70. The lowest BCUT2D eigenvalue weighted by Crippen LogP contribution is -2.27. The van der Waals surface area contributed by atoms with Crippen molar-refractivity contribution in [3.63, 3.8) is 0 Å². The third-order valence-corrected chi connectivity index (χ3v) is 5.93. The van der Waals surface area contributed by atoms with E-state index in [9.17, 15) is 13.2 Å². The Morgan fingerprint density at radius 2 is 1.55 bits per heavy atom. The van der Waals surface area contributed by atoms with E-state index in [-0.39, 0.29) is 22.9 Å². The molecule has 0 fully saturated rings. The Morgan fingerprint density at radius 1 is 0.931 bits per heavy atom. The molecule has 1 N–H and O–H groups in total. The summed E-state index contributed by atoms with van der Waals surface area (Å²) >= 11 is 6.08. The van der Waals surface area contributed by atoms with Gasteiger partial charge < -0.3 is 4.90 Å². The van der Waals surface area contributed by atoms with E-state index >= 15 is 0 Å². The maximum atomic E-state index is 12.9. The van der Waals surface area contributed by atoms with Gasteiger partial charge in [-0.3, -0.25) is 9.52 Å². The van der Waals surface area contributed by atoms with Crippen molar-refractivity contribution in [2.45, 2.75) is 12.3 Å².